The summed E-state index contributed by atoms with van der Waals surface area (Å²) in [5, 5.41) is 11.1. The monoisotopic (exact) mass is 350 g/mol. The molecule has 0 atom stereocenters. The quantitative estimate of drug-likeness (QED) is 0.594. The van der Waals surface area contributed by atoms with Gasteiger partial charge in [0.2, 0.25) is 0 Å². The Morgan fingerprint density at radius 1 is 1.23 bits per heavy atom. The number of amides is 1. The van der Waals surface area contributed by atoms with Crippen LogP contribution in [0.4, 0.5) is 15.9 Å². The van der Waals surface area contributed by atoms with Crippen LogP contribution in [0, 0.1) is 5.82 Å². The number of nitrogen functional groups attached to an aromatic ring is 1. The number of carbonyl (C=O) groups excluding carboxylic acids is 1. The maximum Gasteiger partial charge on any atom is 0.261 e. The molecule has 4 aromatic rings. The van der Waals surface area contributed by atoms with Gasteiger partial charge in [0.25, 0.3) is 5.91 Å². The van der Waals surface area contributed by atoms with Gasteiger partial charge in [-0.25, -0.2) is 8.91 Å². The maximum absolute atomic E-state index is 13.6. The van der Waals surface area contributed by atoms with Crippen molar-refractivity contribution < 1.29 is 9.18 Å². The Bertz CT molecular complexity index is 1130. The number of carbonyl (C=O) groups is 1. The number of rotatable bonds is 3. The van der Waals surface area contributed by atoms with E-state index in [2.05, 4.69) is 15.5 Å². The van der Waals surface area contributed by atoms with Crippen LogP contribution < -0.4 is 11.1 Å². The number of nitrogens with one attached hydrogen (secondary N) is 1. The molecule has 1 aromatic carbocycles. The molecule has 130 valence electrons. The highest BCUT2D eigenvalue weighted by molar-refractivity contribution is 6.13. The van der Waals surface area contributed by atoms with E-state index in [-0.39, 0.29) is 17.2 Å². The summed E-state index contributed by atoms with van der Waals surface area (Å²) in [6, 6.07) is 11.5. The summed E-state index contributed by atoms with van der Waals surface area (Å²) in [6.07, 6.45) is 3.23. The number of hydrogen-bond acceptors (Lipinski definition) is 4. The van der Waals surface area contributed by atoms with Crippen LogP contribution in [-0.4, -0.2) is 25.3 Å². The summed E-state index contributed by atoms with van der Waals surface area (Å²) < 4.78 is 16.7. The molecule has 8 heteroatoms. The zero-order valence-corrected chi connectivity index (χ0v) is 13.8. The Morgan fingerprint density at radius 2 is 2.08 bits per heavy atom. The van der Waals surface area contributed by atoms with Gasteiger partial charge in [-0.1, -0.05) is 18.2 Å². The lowest BCUT2D eigenvalue weighted by atomic mass is 10.1. The second-order valence-corrected chi connectivity index (χ2v) is 5.79. The van der Waals surface area contributed by atoms with Crippen molar-refractivity contribution in [2.75, 3.05) is 11.1 Å². The lowest BCUT2D eigenvalue weighted by Gasteiger charge is -2.08. The molecule has 3 N–H and O–H groups in total. The highest BCUT2D eigenvalue weighted by Crippen LogP contribution is 2.29. The van der Waals surface area contributed by atoms with Crippen molar-refractivity contribution in [2.45, 2.75) is 0 Å². The smallest absolute Gasteiger partial charge is 0.261 e. The molecule has 4 rings (SSSR count). The first-order valence-corrected chi connectivity index (χ1v) is 7.86. The Labute approximate surface area is 147 Å². The predicted molar refractivity (Wildman–Crippen MR) is 96.2 cm³/mol. The molecule has 3 aromatic heterocycles. The van der Waals surface area contributed by atoms with Crippen LogP contribution in [0.3, 0.4) is 0 Å². The Kier molecular flexibility index (Phi) is 3.65. The molecule has 0 fully saturated rings. The number of halogens is 1. The van der Waals surface area contributed by atoms with Crippen molar-refractivity contribution in [2.24, 2.45) is 7.05 Å². The van der Waals surface area contributed by atoms with E-state index in [0.29, 0.717) is 22.5 Å². The van der Waals surface area contributed by atoms with Crippen LogP contribution in [0.25, 0.3) is 16.8 Å². The number of nitrogens with zero attached hydrogens (tertiary/aromatic N) is 4. The fourth-order valence-corrected chi connectivity index (χ4v) is 2.94. The average molecular weight is 350 g/mol. The van der Waals surface area contributed by atoms with Crippen molar-refractivity contribution in [1.29, 1.82) is 0 Å². The number of anilines is 2. The van der Waals surface area contributed by atoms with Crippen molar-refractivity contribution in [3.8, 4) is 11.3 Å². The minimum atomic E-state index is -0.408. The van der Waals surface area contributed by atoms with Crippen molar-refractivity contribution in [1.82, 2.24) is 19.4 Å². The van der Waals surface area contributed by atoms with Gasteiger partial charge in [-0.05, 0) is 24.3 Å². The third kappa shape index (κ3) is 2.57. The fourth-order valence-electron chi connectivity index (χ4n) is 2.94. The van der Waals surface area contributed by atoms with Gasteiger partial charge in [0, 0.05) is 18.8 Å². The molecule has 3 heterocycles. The summed E-state index contributed by atoms with van der Waals surface area (Å²) in [5.41, 5.74) is 8.44. The van der Waals surface area contributed by atoms with Crippen molar-refractivity contribution >= 4 is 22.9 Å². The van der Waals surface area contributed by atoms with Gasteiger partial charge >= 0.3 is 0 Å². The molecule has 26 heavy (non-hydrogen) atoms. The van der Waals surface area contributed by atoms with Gasteiger partial charge in [0.15, 0.2) is 5.82 Å². The lowest BCUT2D eigenvalue weighted by molar-refractivity contribution is 0.102. The van der Waals surface area contributed by atoms with E-state index in [1.165, 1.54) is 18.3 Å². The van der Waals surface area contributed by atoms with Crippen LogP contribution >= 0.6 is 0 Å². The molecule has 0 aliphatic carbocycles. The largest absolute Gasteiger partial charge is 0.382 e. The number of aryl methyl sites for hydroxylation is 1. The van der Waals surface area contributed by atoms with E-state index in [9.17, 15) is 9.18 Å². The first kappa shape index (κ1) is 15.8. The summed E-state index contributed by atoms with van der Waals surface area (Å²) in [7, 11) is 1.72. The van der Waals surface area contributed by atoms with E-state index in [0.717, 1.165) is 0 Å². The van der Waals surface area contributed by atoms with E-state index < -0.39 is 5.91 Å². The molecule has 1 amide bonds. The number of benzene rings is 1. The molecule has 0 aliphatic rings. The van der Waals surface area contributed by atoms with E-state index >= 15 is 0 Å². The van der Waals surface area contributed by atoms with Crippen LogP contribution in [0.15, 0.2) is 54.9 Å². The maximum atomic E-state index is 13.6. The average Bonchev–Trinajstić information content (AvgIpc) is 3.13. The number of nitrogens with two attached hydrogens (primary N) is 1. The highest BCUT2D eigenvalue weighted by Gasteiger charge is 2.20. The summed E-state index contributed by atoms with van der Waals surface area (Å²) >= 11 is 0. The van der Waals surface area contributed by atoms with Crippen LogP contribution in [0.5, 0.6) is 0 Å². The molecular weight excluding hydrogens is 335 g/mol. The first-order valence-electron chi connectivity index (χ1n) is 7.86. The number of aromatic nitrogens is 4. The van der Waals surface area contributed by atoms with Crippen LogP contribution in [0.2, 0.25) is 0 Å². The van der Waals surface area contributed by atoms with Gasteiger partial charge in [0.05, 0.1) is 23.1 Å². The third-order valence-electron chi connectivity index (χ3n) is 4.08. The summed E-state index contributed by atoms with van der Waals surface area (Å²) in [6.45, 7) is 0. The Morgan fingerprint density at radius 3 is 2.88 bits per heavy atom. The first-order chi connectivity index (χ1) is 12.5. The molecule has 0 aliphatic heterocycles. The normalized spacial score (nSPS) is 11.0. The molecule has 0 saturated heterocycles. The molecule has 0 bridgehead atoms. The van der Waals surface area contributed by atoms with Gasteiger partial charge in [-0.15, -0.1) is 5.10 Å². The topological polar surface area (TPSA) is 90.2 Å². The molecular formula is C18H15FN6O. The van der Waals surface area contributed by atoms with E-state index in [1.807, 2.05) is 0 Å². The summed E-state index contributed by atoms with van der Waals surface area (Å²) in [4.78, 5) is 12.8. The Balaban J connectivity index is 1.74. The van der Waals surface area contributed by atoms with Gasteiger partial charge < -0.3 is 11.1 Å². The van der Waals surface area contributed by atoms with Crippen molar-refractivity contribution in [3.63, 3.8) is 0 Å². The minimum absolute atomic E-state index is 0.130. The van der Waals surface area contributed by atoms with Gasteiger partial charge in [-0.2, -0.15) is 5.10 Å². The zero-order chi connectivity index (χ0) is 18.3. The molecule has 0 unspecified atom stereocenters. The standard InChI is InChI=1S/C18H15FN6O/c1-24-16(11-5-4-6-12(19)9-11)13(10-21-24)22-18(26)15-14-7-2-3-8-25(14)23-17(15)20/h2-10H,1H3,(H2,20,23)(H,22,26). The minimum Gasteiger partial charge on any atom is -0.382 e. The molecule has 7 nitrogen and oxygen atoms in total. The fraction of sp³-hybridized carbons (Fsp3) is 0.0556. The van der Waals surface area contributed by atoms with Crippen LogP contribution in [-0.2, 0) is 7.05 Å². The van der Waals surface area contributed by atoms with Crippen molar-refractivity contribution in [3.05, 3.63) is 66.2 Å². The lowest BCUT2D eigenvalue weighted by Crippen LogP contribution is -2.14. The number of hydrogen-bond donors (Lipinski definition) is 2. The number of fused-ring (bicyclic) bond motifs is 1. The molecule has 0 spiro atoms. The van der Waals surface area contributed by atoms with Crippen LogP contribution in [0.1, 0.15) is 10.4 Å². The zero-order valence-electron chi connectivity index (χ0n) is 13.8. The Hall–Kier alpha value is -3.68. The highest BCUT2D eigenvalue weighted by atomic mass is 19.1. The second-order valence-electron chi connectivity index (χ2n) is 5.79. The summed E-state index contributed by atoms with van der Waals surface area (Å²) in [5.74, 6) is -0.646. The van der Waals surface area contributed by atoms with E-state index in [1.54, 1.807) is 52.8 Å². The van der Waals surface area contributed by atoms with Gasteiger partial charge in [-0.3, -0.25) is 9.48 Å². The predicted octanol–water partition coefficient (Wildman–Crippen LogP) is 2.71. The van der Waals surface area contributed by atoms with E-state index in [4.69, 9.17) is 5.73 Å². The third-order valence-corrected chi connectivity index (χ3v) is 4.08. The van der Waals surface area contributed by atoms with Gasteiger partial charge in [0.1, 0.15) is 11.4 Å². The second kappa shape index (κ2) is 5.99. The SMILES string of the molecule is Cn1ncc(NC(=O)c2c(N)nn3ccccc23)c1-c1cccc(F)c1. The molecule has 0 saturated carbocycles. The number of pyridine rings is 1. The molecule has 0 radical (unpaired) electrons.